The van der Waals surface area contributed by atoms with Crippen molar-refractivity contribution in [2.45, 2.75) is 6.42 Å². The molecule has 1 aromatic carbocycles. The highest BCUT2D eigenvalue weighted by Gasteiger charge is 2.17. The Morgan fingerprint density at radius 2 is 2.05 bits per heavy atom. The van der Waals surface area contributed by atoms with E-state index in [1.807, 2.05) is 0 Å². The summed E-state index contributed by atoms with van der Waals surface area (Å²) in [6.07, 6.45) is -0.232. The van der Waals surface area contributed by atoms with Gasteiger partial charge in [0.25, 0.3) is 5.91 Å². The van der Waals surface area contributed by atoms with Crippen LogP contribution in [0.25, 0.3) is 11.3 Å². The summed E-state index contributed by atoms with van der Waals surface area (Å²) in [5.74, 6) is -1.79. The highest BCUT2D eigenvalue weighted by atomic mass is 32.1. The largest absolute Gasteiger partial charge is 0.481 e. The number of hydrogen-bond donors (Lipinski definition) is 2. The number of carboxylic acids is 1. The number of halogens is 1. The summed E-state index contributed by atoms with van der Waals surface area (Å²) >= 11 is 1.07. The van der Waals surface area contributed by atoms with E-state index >= 15 is 0 Å². The Morgan fingerprint density at radius 3 is 2.64 bits per heavy atom. The van der Waals surface area contributed by atoms with Crippen LogP contribution in [0.15, 0.2) is 24.3 Å². The topological polar surface area (TPSA) is 88.5 Å². The number of aliphatic carboxylic acids is 1. The Morgan fingerprint density at radius 1 is 1.36 bits per heavy atom. The van der Waals surface area contributed by atoms with E-state index in [-0.39, 0.29) is 24.1 Å². The number of rotatable bonds is 6. The molecule has 8 heteroatoms. The van der Waals surface area contributed by atoms with Gasteiger partial charge in [-0.2, -0.15) is 0 Å². The van der Waals surface area contributed by atoms with Crippen LogP contribution in [0.5, 0.6) is 0 Å². The zero-order valence-corrected chi connectivity index (χ0v) is 12.4. The van der Waals surface area contributed by atoms with Crippen LogP contribution < -0.4 is 5.32 Å². The van der Waals surface area contributed by atoms with E-state index in [1.54, 1.807) is 0 Å². The first-order valence-electron chi connectivity index (χ1n) is 6.26. The number of carboxylic acid groups (broad SMARTS) is 1. The first-order valence-corrected chi connectivity index (χ1v) is 7.07. The van der Waals surface area contributed by atoms with Crippen LogP contribution >= 0.6 is 11.3 Å². The van der Waals surface area contributed by atoms with Gasteiger partial charge in [0.05, 0.1) is 12.1 Å². The van der Waals surface area contributed by atoms with Crippen molar-refractivity contribution in [1.29, 1.82) is 0 Å². The van der Waals surface area contributed by atoms with E-state index in [9.17, 15) is 14.0 Å². The summed E-state index contributed by atoms with van der Waals surface area (Å²) in [5, 5.41) is 11.8. The molecule has 0 aliphatic carbocycles. The third-order valence-corrected chi connectivity index (χ3v) is 3.62. The molecule has 0 bridgehead atoms. The van der Waals surface area contributed by atoms with Gasteiger partial charge in [0.15, 0.2) is 5.13 Å². The maximum atomic E-state index is 13.0. The number of thiazole rings is 1. The second-order valence-corrected chi connectivity index (χ2v) is 5.43. The monoisotopic (exact) mass is 324 g/mol. The number of hydrogen-bond acceptors (Lipinski definition) is 5. The molecule has 6 nitrogen and oxygen atoms in total. The SMILES string of the molecule is COCC(=O)Nc1nc(-c2ccc(F)cc2)c(CC(=O)O)s1. The van der Waals surface area contributed by atoms with Crippen LogP contribution in [-0.2, 0) is 20.7 Å². The van der Waals surface area contributed by atoms with Crippen molar-refractivity contribution in [3.05, 3.63) is 35.0 Å². The molecular weight excluding hydrogens is 311 g/mol. The summed E-state index contributed by atoms with van der Waals surface area (Å²) < 4.78 is 17.7. The Hall–Kier alpha value is -2.32. The number of methoxy groups -OCH3 is 1. The van der Waals surface area contributed by atoms with Gasteiger partial charge in [-0.25, -0.2) is 9.37 Å². The first kappa shape index (κ1) is 16.1. The molecule has 0 aliphatic rings. The molecule has 1 aromatic heterocycles. The van der Waals surface area contributed by atoms with Crippen molar-refractivity contribution in [3.63, 3.8) is 0 Å². The number of nitrogens with zero attached hydrogens (tertiary/aromatic N) is 1. The van der Waals surface area contributed by atoms with Crippen molar-refractivity contribution in [2.24, 2.45) is 0 Å². The van der Waals surface area contributed by atoms with Gasteiger partial charge >= 0.3 is 5.97 Å². The minimum absolute atomic E-state index is 0.125. The predicted molar refractivity (Wildman–Crippen MR) is 79.4 cm³/mol. The molecular formula is C14H13FN2O4S. The number of aromatic nitrogens is 1. The van der Waals surface area contributed by atoms with Gasteiger partial charge in [0.1, 0.15) is 12.4 Å². The van der Waals surface area contributed by atoms with E-state index in [1.165, 1.54) is 31.4 Å². The van der Waals surface area contributed by atoms with E-state index in [0.29, 0.717) is 16.1 Å². The molecule has 116 valence electrons. The van der Waals surface area contributed by atoms with Gasteiger partial charge in [0.2, 0.25) is 0 Å². The van der Waals surface area contributed by atoms with Crippen LogP contribution in [0.4, 0.5) is 9.52 Å². The quantitative estimate of drug-likeness (QED) is 0.850. The Kier molecular flexibility index (Phi) is 5.18. The molecule has 0 radical (unpaired) electrons. The second kappa shape index (κ2) is 7.10. The van der Waals surface area contributed by atoms with E-state index < -0.39 is 11.8 Å². The van der Waals surface area contributed by atoms with E-state index in [2.05, 4.69) is 10.3 Å². The first-order chi connectivity index (χ1) is 10.5. The molecule has 22 heavy (non-hydrogen) atoms. The third-order valence-electron chi connectivity index (χ3n) is 2.65. The number of carbonyl (C=O) groups excluding carboxylic acids is 1. The number of amides is 1. The molecule has 1 heterocycles. The lowest BCUT2D eigenvalue weighted by Crippen LogP contribution is -2.16. The minimum Gasteiger partial charge on any atom is -0.481 e. The average molecular weight is 324 g/mol. The van der Waals surface area contributed by atoms with E-state index in [0.717, 1.165) is 11.3 Å². The van der Waals surface area contributed by atoms with Crippen molar-refractivity contribution < 1.29 is 23.8 Å². The van der Waals surface area contributed by atoms with Crippen molar-refractivity contribution in [2.75, 3.05) is 19.0 Å². The molecule has 2 rings (SSSR count). The smallest absolute Gasteiger partial charge is 0.308 e. The summed E-state index contributed by atoms with van der Waals surface area (Å²) in [4.78, 5) is 27.2. The number of benzene rings is 1. The molecule has 0 unspecified atom stereocenters. The molecule has 0 saturated carbocycles. The number of ether oxygens (including phenoxy) is 1. The maximum Gasteiger partial charge on any atom is 0.308 e. The lowest BCUT2D eigenvalue weighted by Gasteiger charge is -2.00. The lowest BCUT2D eigenvalue weighted by atomic mass is 10.1. The van der Waals surface area contributed by atoms with Crippen LogP contribution in [0.1, 0.15) is 4.88 Å². The second-order valence-electron chi connectivity index (χ2n) is 4.35. The van der Waals surface area contributed by atoms with Gasteiger partial charge in [0, 0.05) is 17.6 Å². The van der Waals surface area contributed by atoms with Crippen molar-refractivity contribution in [3.8, 4) is 11.3 Å². The van der Waals surface area contributed by atoms with Gasteiger partial charge in [-0.3, -0.25) is 14.9 Å². The molecule has 0 atom stereocenters. The fourth-order valence-corrected chi connectivity index (χ4v) is 2.77. The summed E-state index contributed by atoms with van der Waals surface area (Å²) in [6, 6.07) is 5.55. The van der Waals surface area contributed by atoms with Crippen LogP contribution in [0, 0.1) is 5.82 Å². The van der Waals surface area contributed by atoms with Crippen molar-refractivity contribution >= 4 is 28.3 Å². The highest BCUT2D eigenvalue weighted by molar-refractivity contribution is 7.16. The van der Waals surface area contributed by atoms with Gasteiger partial charge in [-0.15, -0.1) is 11.3 Å². The standard InChI is InChI=1S/C14H13FN2O4S/c1-21-7-11(18)16-14-17-13(10(22-14)6-12(19)20)8-2-4-9(15)5-3-8/h2-5H,6-7H2,1H3,(H,19,20)(H,16,17,18). The summed E-state index contributed by atoms with van der Waals surface area (Å²) in [7, 11) is 1.39. The molecule has 2 aromatic rings. The third kappa shape index (κ3) is 4.09. The summed E-state index contributed by atoms with van der Waals surface area (Å²) in [5.41, 5.74) is 1.00. The Bertz CT molecular complexity index is 685. The van der Waals surface area contributed by atoms with Gasteiger partial charge in [-0.05, 0) is 24.3 Å². The zero-order valence-electron chi connectivity index (χ0n) is 11.6. The minimum atomic E-state index is -1.01. The number of anilines is 1. The number of carbonyl (C=O) groups is 2. The number of nitrogens with one attached hydrogen (secondary N) is 1. The predicted octanol–water partition coefficient (Wildman–Crippen LogP) is 2.16. The fraction of sp³-hybridized carbons (Fsp3) is 0.214. The van der Waals surface area contributed by atoms with E-state index in [4.69, 9.17) is 9.84 Å². The maximum absolute atomic E-state index is 13.0. The zero-order chi connectivity index (χ0) is 16.1. The molecule has 0 spiro atoms. The van der Waals surface area contributed by atoms with Crippen molar-refractivity contribution in [1.82, 2.24) is 4.98 Å². The molecule has 0 saturated heterocycles. The summed E-state index contributed by atoms with van der Waals surface area (Å²) in [6.45, 7) is -0.125. The molecule has 1 amide bonds. The molecule has 2 N–H and O–H groups in total. The lowest BCUT2D eigenvalue weighted by molar-refractivity contribution is -0.136. The molecule has 0 aliphatic heterocycles. The van der Waals surface area contributed by atoms with Gasteiger partial charge in [-0.1, -0.05) is 0 Å². The highest BCUT2D eigenvalue weighted by Crippen LogP contribution is 2.31. The van der Waals surface area contributed by atoms with Crippen LogP contribution in [0.2, 0.25) is 0 Å². The molecule has 0 fully saturated rings. The van der Waals surface area contributed by atoms with Crippen LogP contribution in [0.3, 0.4) is 0 Å². The Balaban J connectivity index is 2.33. The Labute approximate surface area is 129 Å². The normalized spacial score (nSPS) is 10.5. The van der Waals surface area contributed by atoms with Gasteiger partial charge < -0.3 is 9.84 Å². The van der Waals surface area contributed by atoms with Crippen LogP contribution in [-0.4, -0.2) is 35.7 Å². The fourth-order valence-electron chi connectivity index (χ4n) is 1.78. The average Bonchev–Trinajstić information content (AvgIpc) is 2.81.